The fourth-order valence-electron chi connectivity index (χ4n) is 2.34. The molecule has 1 aromatic carbocycles. The Morgan fingerprint density at radius 2 is 2.00 bits per heavy atom. The number of fused-ring (bicyclic) bond motifs is 1. The molecule has 0 saturated carbocycles. The number of tetrazole rings is 1. The van der Waals surface area contributed by atoms with Crippen LogP contribution in [-0.4, -0.2) is 20.6 Å². The lowest BCUT2D eigenvalue weighted by molar-refractivity contribution is 0.504. The van der Waals surface area contributed by atoms with Crippen LogP contribution in [0.2, 0.25) is 0 Å². The van der Waals surface area contributed by atoms with Crippen molar-refractivity contribution in [3.05, 3.63) is 28.8 Å². The summed E-state index contributed by atoms with van der Waals surface area (Å²) in [6.07, 6.45) is 3.49. The van der Waals surface area contributed by atoms with E-state index in [1.54, 1.807) is 0 Å². The van der Waals surface area contributed by atoms with Crippen LogP contribution in [0.15, 0.2) is 6.07 Å². The summed E-state index contributed by atoms with van der Waals surface area (Å²) in [5.41, 5.74) is 1.83. The van der Waals surface area contributed by atoms with Gasteiger partial charge in [0.25, 0.3) is 0 Å². The summed E-state index contributed by atoms with van der Waals surface area (Å²) in [6, 6.07) is 1.29. The zero-order valence-electron chi connectivity index (χ0n) is 9.00. The van der Waals surface area contributed by atoms with Crippen molar-refractivity contribution in [2.45, 2.75) is 25.7 Å². The Labute approximate surface area is 96.0 Å². The summed E-state index contributed by atoms with van der Waals surface area (Å²) in [5.74, 6) is -1.60. The molecule has 1 N–H and O–H groups in total. The third-order valence-electron chi connectivity index (χ3n) is 3.11. The molecule has 0 aliphatic heterocycles. The quantitative estimate of drug-likeness (QED) is 0.824. The molecular formula is C11H10F2N4. The largest absolute Gasteiger partial charge is 0.208 e. The minimum Gasteiger partial charge on any atom is -0.204 e. The predicted molar refractivity (Wildman–Crippen MR) is 56.2 cm³/mol. The predicted octanol–water partition coefficient (Wildman–Crippen LogP) is 2.02. The van der Waals surface area contributed by atoms with Crippen LogP contribution in [0, 0.1) is 11.6 Å². The molecule has 88 valence electrons. The van der Waals surface area contributed by atoms with Crippen LogP contribution >= 0.6 is 0 Å². The zero-order chi connectivity index (χ0) is 11.8. The van der Waals surface area contributed by atoms with Gasteiger partial charge in [-0.05, 0) is 48.1 Å². The summed E-state index contributed by atoms with van der Waals surface area (Å²) in [4.78, 5) is 0. The molecule has 1 heterocycles. The number of benzene rings is 1. The number of nitrogens with one attached hydrogen (secondary N) is 1. The highest BCUT2D eigenvalue weighted by Crippen LogP contribution is 2.33. The molecule has 0 spiro atoms. The van der Waals surface area contributed by atoms with E-state index >= 15 is 0 Å². The van der Waals surface area contributed by atoms with E-state index in [0.29, 0.717) is 0 Å². The second-order valence-electron chi connectivity index (χ2n) is 4.13. The number of aryl methyl sites for hydroxylation is 1. The minimum atomic E-state index is -0.882. The number of rotatable bonds is 1. The van der Waals surface area contributed by atoms with E-state index in [9.17, 15) is 8.78 Å². The van der Waals surface area contributed by atoms with Crippen LogP contribution in [0.1, 0.15) is 24.0 Å². The van der Waals surface area contributed by atoms with Gasteiger partial charge in [0, 0.05) is 0 Å². The number of nitrogens with zero attached hydrogens (tertiary/aromatic N) is 3. The fourth-order valence-corrected chi connectivity index (χ4v) is 2.34. The van der Waals surface area contributed by atoms with Crippen molar-refractivity contribution in [2.75, 3.05) is 0 Å². The van der Waals surface area contributed by atoms with Crippen LogP contribution in [0.5, 0.6) is 0 Å². The summed E-state index contributed by atoms with van der Waals surface area (Å²) < 4.78 is 27.4. The number of aromatic nitrogens is 4. The number of hydrogen-bond donors (Lipinski definition) is 1. The van der Waals surface area contributed by atoms with Gasteiger partial charge in [-0.3, -0.25) is 0 Å². The molecule has 1 aliphatic rings. The lowest BCUT2D eigenvalue weighted by atomic mass is 9.87. The monoisotopic (exact) mass is 236 g/mol. The molecule has 0 amide bonds. The molecule has 0 radical (unpaired) electrons. The maximum Gasteiger partial charge on any atom is 0.208 e. The van der Waals surface area contributed by atoms with Crippen molar-refractivity contribution in [3.8, 4) is 11.4 Å². The van der Waals surface area contributed by atoms with E-state index in [-0.39, 0.29) is 11.4 Å². The van der Waals surface area contributed by atoms with Gasteiger partial charge in [-0.2, -0.15) is 5.21 Å². The zero-order valence-corrected chi connectivity index (χ0v) is 9.00. The summed E-state index contributed by atoms with van der Waals surface area (Å²) in [6.45, 7) is 0. The van der Waals surface area contributed by atoms with Crippen molar-refractivity contribution in [2.24, 2.45) is 0 Å². The first-order valence-corrected chi connectivity index (χ1v) is 5.51. The molecule has 17 heavy (non-hydrogen) atoms. The van der Waals surface area contributed by atoms with Crippen LogP contribution < -0.4 is 0 Å². The van der Waals surface area contributed by atoms with E-state index < -0.39 is 11.6 Å². The smallest absolute Gasteiger partial charge is 0.204 e. The van der Waals surface area contributed by atoms with E-state index in [2.05, 4.69) is 20.6 Å². The van der Waals surface area contributed by atoms with Crippen molar-refractivity contribution < 1.29 is 8.78 Å². The minimum absolute atomic E-state index is 0.125. The van der Waals surface area contributed by atoms with E-state index in [1.807, 2.05) is 0 Å². The Morgan fingerprint density at radius 3 is 2.76 bits per heavy atom. The Balaban J connectivity index is 2.28. The van der Waals surface area contributed by atoms with E-state index in [4.69, 9.17) is 0 Å². The molecular weight excluding hydrogens is 226 g/mol. The third kappa shape index (κ3) is 1.60. The van der Waals surface area contributed by atoms with Gasteiger partial charge in [0.2, 0.25) is 5.82 Å². The molecule has 1 aliphatic carbocycles. The van der Waals surface area contributed by atoms with E-state index in [0.717, 1.165) is 36.8 Å². The van der Waals surface area contributed by atoms with Crippen molar-refractivity contribution in [1.82, 2.24) is 20.6 Å². The van der Waals surface area contributed by atoms with E-state index in [1.165, 1.54) is 6.07 Å². The number of hydrogen-bond acceptors (Lipinski definition) is 3. The van der Waals surface area contributed by atoms with Crippen LogP contribution in [0.25, 0.3) is 11.4 Å². The number of H-pyrrole nitrogens is 1. The second-order valence-corrected chi connectivity index (χ2v) is 4.13. The Morgan fingerprint density at radius 1 is 1.18 bits per heavy atom. The molecule has 0 fully saturated rings. The van der Waals surface area contributed by atoms with Crippen molar-refractivity contribution >= 4 is 0 Å². The SMILES string of the molecule is Fc1cc2c(c(-c3nn[nH]n3)c1F)CCCC2. The fraction of sp³-hybridized carbons (Fsp3) is 0.364. The van der Waals surface area contributed by atoms with Crippen LogP contribution in [-0.2, 0) is 12.8 Å². The van der Waals surface area contributed by atoms with Gasteiger partial charge in [0.05, 0.1) is 5.56 Å². The molecule has 0 bridgehead atoms. The topological polar surface area (TPSA) is 54.5 Å². The van der Waals surface area contributed by atoms with Gasteiger partial charge in [0.1, 0.15) is 0 Å². The maximum absolute atomic E-state index is 13.9. The summed E-state index contributed by atoms with van der Waals surface area (Å²) >= 11 is 0. The summed E-state index contributed by atoms with van der Waals surface area (Å²) in [7, 11) is 0. The highest BCUT2D eigenvalue weighted by Gasteiger charge is 2.23. The third-order valence-corrected chi connectivity index (χ3v) is 3.11. The first-order valence-electron chi connectivity index (χ1n) is 5.51. The van der Waals surface area contributed by atoms with Crippen LogP contribution in [0.3, 0.4) is 0 Å². The average molecular weight is 236 g/mol. The molecule has 4 nitrogen and oxygen atoms in total. The lowest BCUT2D eigenvalue weighted by Crippen LogP contribution is -2.08. The second kappa shape index (κ2) is 3.87. The van der Waals surface area contributed by atoms with Gasteiger partial charge >= 0.3 is 0 Å². The number of halogens is 2. The van der Waals surface area contributed by atoms with Gasteiger partial charge in [-0.15, -0.1) is 10.2 Å². The highest BCUT2D eigenvalue weighted by molar-refractivity contribution is 5.63. The first-order chi connectivity index (χ1) is 8.27. The Kier molecular flexibility index (Phi) is 2.35. The van der Waals surface area contributed by atoms with Gasteiger partial charge < -0.3 is 0 Å². The molecule has 3 rings (SSSR count). The molecule has 2 aromatic rings. The molecule has 6 heteroatoms. The summed E-state index contributed by atoms with van der Waals surface area (Å²) in [5, 5.41) is 13.1. The van der Waals surface area contributed by atoms with Gasteiger partial charge in [-0.25, -0.2) is 8.78 Å². The molecule has 0 atom stereocenters. The molecule has 0 saturated heterocycles. The van der Waals surface area contributed by atoms with Gasteiger partial charge in [0.15, 0.2) is 11.6 Å². The highest BCUT2D eigenvalue weighted by atomic mass is 19.2. The maximum atomic E-state index is 13.9. The average Bonchev–Trinajstić information content (AvgIpc) is 2.84. The van der Waals surface area contributed by atoms with Crippen molar-refractivity contribution in [1.29, 1.82) is 0 Å². The molecule has 0 unspecified atom stereocenters. The Hall–Kier alpha value is -1.85. The number of aromatic amines is 1. The van der Waals surface area contributed by atoms with Gasteiger partial charge in [-0.1, -0.05) is 0 Å². The van der Waals surface area contributed by atoms with Crippen LogP contribution in [0.4, 0.5) is 8.78 Å². The standard InChI is InChI=1S/C11H10F2N4/c12-8-5-6-3-1-2-4-7(6)9(10(8)13)11-14-16-17-15-11/h5H,1-4H2,(H,14,15,16,17). The molecule has 1 aromatic heterocycles. The van der Waals surface area contributed by atoms with Crippen molar-refractivity contribution in [3.63, 3.8) is 0 Å². The first kappa shape index (κ1) is 10.3. The Bertz CT molecular complexity index is 551. The lowest BCUT2D eigenvalue weighted by Gasteiger charge is -2.18. The normalized spacial score (nSPS) is 14.7.